The van der Waals surface area contributed by atoms with Crippen molar-refractivity contribution >= 4 is 17.5 Å². The molecule has 0 aromatic rings. The number of ketones is 2. The van der Waals surface area contributed by atoms with Gasteiger partial charge >= 0.3 is 5.97 Å². The third kappa shape index (κ3) is 7.52. The molecule has 0 aliphatic carbocycles. The van der Waals surface area contributed by atoms with Gasteiger partial charge in [0.25, 0.3) is 0 Å². The molecular weight excluding hydrogens is 486 g/mol. The van der Waals surface area contributed by atoms with Crippen molar-refractivity contribution in [1.82, 2.24) is 4.90 Å². The average Bonchev–Trinajstić information content (AvgIpc) is 2.83. The van der Waals surface area contributed by atoms with Crippen LogP contribution in [-0.4, -0.2) is 77.9 Å². The van der Waals surface area contributed by atoms with E-state index >= 15 is 0 Å². The van der Waals surface area contributed by atoms with E-state index in [0.717, 1.165) is 6.42 Å². The van der Waals surface area contributed by atoms with E-state index in [2.05, 4.69) is 11.8 Å². The van der Waals surface area contributed by atoms with Crippen LogP contribution in [0.3, 0.4) is 0 Å². The topological polar surface area (TPSA) is 102 Å². The molecular formula is C30H51NO7. The SMILES string of the molecule is CC[C@H]1OC(=O)[C@H](C)C(=O)[C@H](C)[C@@H](O[C@@H]2O[C@H](C)C[C@H](N(C)C)[C@H]2C)[C@@H](C)C[C@@H](C)C(=O)/C(C)=C/[C@]1(C)O. The quantitative estimate of drug-likeness (QED) is 0.421. The summed E-state index contributed by atoms with van der Waals surface area (Å²) in [6.45, 7) is 16.3. The zero-order chi connectivity index (χ0) is 29.1. The van der Waals surface area contributed by atoms with Crippen LogP contribution in [0.1, 0.15) is 81.6 Å². The minimum absolute atomic E-state index is 0.00983. The minimum Gasteiger partial charge on any atom is -0.458 e. The Labute approximate surface area is 229 Å². The second-order valence-electron chi connectivity index (χ2n) is 12.3. The van der Waals surface area contributed by atoms with E-state index in [4.69, 9.17) is 14.2 Å². The Balaban J connectivity index is 2.48. The molecule has 218 valence electrons. The minimum atomic E-state index is -1.55. The van der Waals surface area contributed by atoms with E-state index in [1.165, 1.54) is 13.0 Å². The van der Waals surface area contributed by atoms with Gasteiger partial charge in [0.2, 0.25) is 0 Å². The predicted molar refractivity (Wildman–Crippen MR) is 146 cm³/mol. The Morgan fingerprint density at radius 3 is 2.24 bits per heavy atom. The molecule has 8 nitrogen and oxygen atoms in total. The highest BCUT2D eigenvalue weighted by Crippen LogP contribution is 2.35. The van der Waals surface area contributed by atoms with Crippen LogP contribution in [0.5, 0.6) is 0 Å². The number of cyclic esters (lactones) is 1. The van der Waals surface area contributed by atoms with Gasteiger partial charge in [-0.2, -0.15) is 0 Å². The van der Waals surface area contributed by atoms with Gasteiger partial charge in [0.15, 0.2) is 17.9 Å². The molecule has 2 rings (SSSR count). The van der Waals surface area contributed by atoms with Crippen molar-refractivity contribution in [2.45, 2.75) is 118 Å². The van der Waals surface area contributed by atoms with Crippen molar-refractivity contribution in [2.75, 3.05) is 14.1 Å². The van der Waals surface area contributed by atoms with Crippen molar-refractivity contribution in [3.63, 3.8) is 0 Å². The smallest absolute Gasteiger partial charge is 0.316 e. The van der Waals surface area contributed by atoms with Gasteiger partial charge in [-0.25, -0.2) is 0 Å². The number of Topliss-reactive ketones (excluding diaryl/α,β-unsaturated/α-hetero) is 2. The van der Waals surface area contributed by atoms with Crippen molar-refractivity contribution in [3.05, 3.63) is 11.6 Å². The van der Waals surface area contributed by atoms with Crippen molar-refractivity contribution in [3.8, 4) is 0 Å². The molecule has 2 aliphatic rings. The average molecular weight is 538 g/mol. The molecule has 1 saturated heterocycles. The molecule has 1 N–H and O–H groups in total. The van der Waals surface area contributed by atoms with Crippen molar-refractivity contribution in [1.29, 1.82) is 0 Å². The summed E-state index contributed by atoms with van der Waals surface area (Å²) >= 11 is 0. The summed E-state index contributed by atoms with van der Waals surface area (Å²) in [6.07, 6.45) is 1.18. The Morgan fingerprint density at radius 2 is 1.68 bits per heavy atom. The highest BCUT2D eigenvalue weighted by Gasteiger charge is 2.43. The number of carbonyl (C=O) groups is 3. The molecule has 0 saturated carbocycles. The first-order valence-electron chi connectivity index (χ1n) is 14.2. The van der Waals surface area contributed by atoms with Gasteiger partial charge in [-0.05, 0) is 78.6 Å². The lowest BCUT2D eigenvalue weighted by Crippen LogP contribution is -2.52. The van der Waals surface area contributed by atoms with E-state index in [-0.39, 0.29) is 41.5 Å². The van der Waals surface area contributed by atoms with E-state index in [1.54, 1.807) is 27.7 Å². The van der Waals surface area contributed by atoms with Crippen LogP contribution in [0.15, 0.2) is 11.6 Å². The first-order chi connectivity index (χ1) is 17.5. The summed E-state index contributed by atoms with van der Waals surface area (Å²) in [6, 6.07) is 0.254. The zero-order valence-electron chi connectivity index (χ0n) is 25.3. The summed E-state index contributed by atoms with van der Waals surface area (Å²) < 4.78 is 18.5. The maximum atomic E-state index is 13.6. The largest absolute Gasteiger partial charge is 0.458 e. The molecule has 1 fully saturated rings. The normalized spacial score (nSPS) is 43.8. The number of ether oxygens (including phenoxy) is 3. The fourth-order valence-corrected chi connectivity index (χ4v) is 6.20. The fraction of sp³-hybridized carbons (Fsp3) is 0.833. The molecule has 0 radical (unpaired) electrons. The summed E-state index contributed by atoms with van der Waals surface area (Å²) in [5.41, 5.74) is -1.13. The van der Waals surface area contributed by atoms with Crippen molar-refractivity contribution < 1.29 is 33.7 Å². The van der Waals surface area contributed by atoms with Crippen LogP contribution in [0.2, 0.25) is 0 Å². The second-order valence-corrected chi connectivity index (χ2v) is 12.3. The third-order valence-corrected chi connectivity index (χ3v) is 8.56. The molecule has 8 heteroatoms. The van der Waals surface area contributed by atoms with Crippen molar-refractivity contribution in [2.24, 2.45) is 29.6 Å². The van der Waals surface area contributed by atoms with Crippen LogP contribution in [-0.2, 0) is 28.6 Å². The maximum absolute atomic E-state index is 13.6. The van der Waals surface area contributed by atoms with E-state index < -0.39 is 41.9 Å². The highest BCUT2D eigenvalue weighted by atomic mass is 16.7. The van der Waals surface area contributed by atoms with Gasteiger partial charge in [-0.3, -0.25) is 14.4 Å². The molecule has 0 aromatic carbocycles. The maximum Gasteiger partial charge on any atom is 0.316 e. The standard InChI is InChI=1S/C30H51NO7/c1-12-24-30(9,35)15-18(4)25(32)16(2)13-17(3)27(21(7)26(33)22(8)28(34)37-24)38-29-20(6)23(31(10)11)14-19(5)36-29/h15-17,19-24,27,29,35H,12-14H2,1-11H3/b18-15+/t16-,17+,19-,20-,21+,22-,23+,24-,27+,29+,30+/m1/s1. The lowest BCUT2D eigenvalue weighted by atomic mass is 9.79. The predicted octanol–water partition coefficient (Wildman–Crippen LogP) is 4.18. The summed E-state index contributed by atoms with van der Waals surface area (Å²) in [4.78, 5) is 42.2. The Hall–Kier alpha value is -1.61. The molecule has 11 atom stereocenters. The lowest BCUT2D eigenvalue weighted by Gasteiger charge is -2.44. The summed E-state index contributed by atoms with van der Waals surface area (Å²) in [5, 5.41) is 11.1. The highest BCUT2D eigenvalue weighted by molar-refractivity contribution is 6.00. The molecule has 0 unspecified atom stereocenters. The first kappa shape index (κ1) is 32.6. The fourth-order valence-electron chi connectivity index (χ4n) is 6.20. The summed E-state index contributed by atoms with van der Waals surface area (Å²) in [7, 11) is 4.09. The monoisotopic (exact) mass is 537 g/mol. The van der Waals surface area contributed by atoms with Gasteiger partial charge in [0, 0.05) is 23.8 Å². The van der Waals surface area contributed by atoms with Crippen LogP contribution >= 0.6 is 0 Å². The van der Waals surface area contributed by atoms with Crippen LogP contribution in [0, 0.1) is 29.6 Å². The number of carbonyl (C=O) groups excluding carboxylic acids is 3. The van der Waals surface area contributed by atoms with Crippen LogP contribution < -0.4 is 0 Å². The number of hydrogen-bond acceptors (Lipinski definition) is 8. The molecule has 0 aromatic heterocycles. The van der Waals surface area contributed by atoms with Gasteiger partial charge in [0.05, 0.1) is 12.2 Å². The number of allylic oxidation sites excluding steroid dienone is 1. The van der Waals surface area contributed by atoms with Crippen LogP contribution in [0.4, 0.5) is 0 Å². The number of esters is 1. The number of hydrogen-bond donors (Lipinski definition) is 1. The molecule has 2 aliphatic heterocycles. The Bertz CT molecular complexity index is 882. The van der Waals surface area contributed by atoms with Gasteiger partial charge in [-0.1, -0.05) is 34.6 Å². The number of aliphatic hydroxyl groups is 1. The van der Waals surface area contributed by atoms with Gasteiger partial charge in [0.1, 0.15) is 17.6 Å². The zero-order valence-corrected chi connectivity index (χ0v) is 25.3. The number of nitrogens with zero attached hydrogens (tertiary/aromatic N) is 1. The molecule has 38 heavy (non-hydrogen) atoms. The van der Waals surface area contributed by atoms with E-state index in [1.807, 2.05) is 34.9 Å². The number of rotatable bonds is 4. The second kappa shape index (κ2) is 13.2. The lowest BCUT2D eigenvalue weighted by molar-refractivity contribution is -0.259. The first-order valence-corrected chi connectivity index (χ1v) is 14.2. The molecule has 0 amide bonds. The third-order valence-electron chi connectivity index (χ3n) is 8.56. The van der Waals surface area contributed by atoms with Gasteiger partial charge in [-0.15, -0.1) is 0 Å². The van der Waals surface area contributed by atoms with Crippen LogP contribution in [0.25, 0.3) is 0 Å². The van der Waals surface area contributed by atoms with E-state index in [0.29, 0.717) is 18.4 Å². The molecule has 0 spiro atoms. The molecule has 2 heterocycles. The Kier molecular flexibility index (Phi) is 11.3. The summed E-state index contributed by atoms with van der Waals surface area (Å²) in [5.74, 6) is -3.21. The molecule has 0 bridgehead atoms. The Morgan fingerprint density at radius 1 is 1.08 bits per heavy atom. The van der Waals surface area contributed by atoms with Gasteiger partial charge < -0.3 is 24.2 Å². The van der Waals surface area contributed by atoms with E-state index in [9.17, 15) is 19.5 Å².